The highest BCUT2D eigenvalue weighted by Crippen LogP contribution is 2.25. The predicted molar refractivity (Wildman–Crippen MR) is 112 cm³/mol. The number of rotatable bonds is 8. The lowest BCUT2D eigenvalue weighted by molar-refractivity contribution is 0.0466. The predicted octanol–water partition coefficient (Wildman–Crippen LogP) is 4.53. The Labute approximate surface area is 169 Å². The molecular formula is C21H23ClN4O2. The zero-order chi connectivity index (χ0) is 19.9. The molecule has 0 saturated heterocycles. The smallest absolute Gasteiger partial charge is 0.338 e. The van der Waals surface area contributed by atoms with Gasteiger partial charge in [-0.1, -0.05) is 26.0 Å². The minimum absolute atomic E-state index is 0.176. The van der Waals surface area contributed by atoms with E-state index in [4.69, 9.17) is 16.3 Å². The molecule has 0 unspecified atom stereocenters. The van der Waals surface area contributed by atoms with Crippen LogP contribution in [0.1, 0.15) is 24.2 Å². The number of ether oxygens (including phenoxy) is 1. The molecule has 7 heteroatoms. The van der Waals surface area contributed by atoms with Gasteiger partial charge in [-0.2, -0.15) is 4.98 Å². The van der Waals surface area contributed by atoms with Gasteiger partial charge >= 0.3 is 5.97 Å². The van der Waals surface area contributed by atoms with Crippen LogP contribution < -0.4 is 5.32 Å². The standard InChI is InChI=1S/C21H23ClN4O2/c1-3-26(4-2)13-14-28-20(27)15-9-11-16(12-10-15)23-19-17-7-5-6-8-18(17)24-21(22)25-19/h5-12H,3-4,13-14H2,1-2H3,(H,23,24,25). The van der Waals surface area contributed by atoms with E-state index in [0.717, 1.165) is 36.2 Å². The largest absolute Gasteiger partial charge is 0.461 e. The van der Waals surface area contributed by atoms with Crippen molar-refractivity contribution in [1.82, 2.24) is 14.9 Å². The van der Waals surface area contributed by atoms with Crippen molar-refractivity contribution in [3.8, 4) is 0 Å². The van der Waals surface area contributed by atoms with Gasteiger partial charge in [-0.05, 0) is 61.1 Å². The highest BCUT2D eigenvalue weighted by Gasteiger charge is 2.10. The number of nitrogens with one attached hydrogen (secondary N) is 1. The number of benzene rings is 2. The van der Waals surface area contributed by atoms with Crippen molar-refractivity contribution in [3.63, 3.8) is 0 Å². The SMILES string of the molecule is CCN(CC)CCOC(=O)c1ccc(Nc2nc(Cl)nc3ccccc23)cc1. The molecule has 146 valence electrons. The molecular weight excluding hydrogens is 376 g/mol. The molecule has 3 rings (SSSR count). The number of para-hydroxylation sites is 1. The number of hydrogen-bond acceptors (Lipinski definition) is 6. The lowest BCUT2D eigenvalue weighted by Gasteiger charge is -2.17. The average molecular weight is 399 g/mol. The maximum Gasteiger partial charge on any atom is 0.338 e. The van der Waals surface area contributed by atoms with Gasteiger partial charge in [-0.25, -0.2) is 9.78 Å². The molecule has 0 spiro atoms. The summed E-state index contributed by atoms with van der Waals surface area (Å²) in [5.41, 5.74) is 2.06. The molecule has 0 atom stereocenters. The zero-order valence-corrected chi connectivity index (χ0v) is 16.7. The number of carbonyl (C=O) groups is 1. The minimum atomic E-state index is -0.325. The first kappa shape index (κ1) is 20.0. The minimum Gasteiger partial charge on any atom is -0.461 e. The number of likely N-dealkylation sites (N-methyl/N-ethyl adjacent to an activating group) is 1. The van der Waals surface area contributed by atoms with Gasteiger partial charge in [0.25, 0.3) is 0 Å². The van der Waals surface area contributed by atoms with E-state index in [9.17, 15) is 4.79 Å². The number of halogens is 1. The average Bonchev–Trinajstić information content (AvgIpc) is 2.71. The summed E-state index contributed by atoms with van der Waals surface area (Å²) < 4.78 is 5.35. The van der Waals surface area contributed by atoms with Crippen molar-refractivity contribution < 1.29 is 9.53 Å². The fourth-order valence-corrected chi connectivity index (χ4v) is 3.04. The van der Waals surface area contributed by atoms with Crippen LogP contribution in [0, 0.1) is 0 Å². The second-order valence-corrected chi connectivity index (χ2v) is 6.56. The Morgan fingerprint density at radius 2 is 1.79 bits per heavy atom. The molecule has 2 aromatic carbocycles. The maximum absolute atomic E-state index is 12.2. The second-order valence-electron chi connectivity index (χ2n) is 6.22. The lowest BCUT2D eigenvalue weighted by atomic mass is 10.2. The van der Waals surface area contributed by atoms with E-state index in [1.807, 2.05) is 36.4 Å². The fourth-order valence-electron chi connectivity index (χ4n) is 2.86. The summed E-state index contributed by atoms with van der Waals surface area (Å²) in [4.78, 5) is 22.9. The molecule has 0 aliphatic heterocycles. The molecule has 0 aliphatic carbocycles. The Morgan fingerprint density at radius 1 is 1.07 bits per heavy atom. The topological polar surface area (TPSA) is 67.3 Å². The van der Waals surface area contributed by atoms with Crippen LogP contribution in [0.5, 0.6) is 0 Å². The van der Waals surface area contributed by atoms with Crippen molar-refractivity contribution in [2.75, 3.05) is 31.6 Å². The Hall–Kier alpha value is -2.70. The van der Waals surface area contributed by atoms with Crippen LogP contribution in [0.15, 0.2) is 48.5 Å². The van der Waals surface area contributed by atoms with Gasteiger partial charge in [-0.3, -0.25) is 0 Å². The summed E-state index contributed by atoms with van der Waals surface area (Å²) >= 11 is 6.02. The van der Waals surface area contributed by atoms with Crippen molar-refractivity contribution in [1.29, 1.82) is 0 Å². The Morgan fingerprint density at radius 3 is 2.50 bits per heavy atom. The van der Waals surface area contributed by atoms with E-state index >= 15 is 0 Å². The van der Waals surface area contributed by atoms with Crippen molar-refractivity contribution >= 4 is 40.0 Å². The van der Waals surface area contributed by atoms with Gasteiger partial charge in [0.15, 0.2) is 0 Å². The summed E-state index contributed by atoms with van der Waals surface area (Å²) in [7, 11) is 0. The molecule has 1 aromatic heterocycles. The van der Waals surface area contributed by atoms with Crippen LogP contribution in [0.4, 0.5) is 11.5 Å². The Bertz CT molecular complexity index is 943. The summed E-state index contributed by atoms with van der Waals surface area (Å²) in [6, 6.07) is 14.7. The van der Waals surface area contributed by atoms with Gasteiger partial charge in [0, 0.05) is 17.6 Å². The molecule has 0 radical (unpaired) electrons. The normalized spacial score (nSPS) is 11.0. The van der Waals surface area contributed by atoms with Crippen LogP contribution in [0.2, 0.25) is 5.28 Å². The monoisotopic (exact) mass is 398 g/mol. The Balaban J connectivity index is 1.66. The van der Waals surface area contributed by atoms with Crippen molar-refractivity contribution in [3.05, 3.63) is 59.4 Å². The maximum atomic E-state index is 12.2. The molecule has 0 fully saturated rings. The molecule has 0 amide bonds. The first-order valence-corrected chi connectivity index (χ1v) is 9.67. The van der Waals surface area contributed by atoms with E-state index in [0.29, 0.717) is 18.0 Å². The number of fused-ring (bicyclic) bond motifs is 1. The lowest BCUT2D eigenvalue weighted by Crippen LogP contribution is -2.27. The van der Waals surface area contributed by atoms with Gasteiger partial charge in [0.05, 0.1) is 11.1 Å². The highest BCUT2D eigenvalue weighted by atomic mass is 35.5. The summed E-state index contributed by atoms with van der Waals surface area (Å²) in [5, 5.41) is 4.28. The molecule has 3 aromatic rings. The molecule has 1 heterocycles. The van der Waals surface area contributed by atoms with Crippen LogP contribution in [-0.2, 0) is 4.74 Å². The highest BCUT2D eigenvalue weighted by molar-refractivity contribution is 6.28. The van der Waals surface area contributed by atoms with Crippen LogP contribution in [-0.4, -0.2) is 47.1 Å². The first-order chi connectivity index (χ1) is 13.6. The third-order valence-corrected chi connectivity index (χ3v) is 4.66. The number of esters is 1. The molecule has 0 aliphatic rings. The third-order valence-electron chi connectivity index (χ3n) is 4.49. The van der Waals surface area contributed by atoms with Crippen molar-refractivity contribution in [2.24, 2.45) is 0 Å². The van der Waals surface area contributed by atoms with Gasteiger partial charge in [-0.15, -0.1) is 0 Å². The number of carbonyl (C=O) groups excluding carboxylic acids is 1. The van der Waals surface area contributed by atoms with E-state index in [1.54, 1.807) is 12.1 Å². The van der Waals surface area contributed by atoms with Gasteiger partial charge in [0.2, 0.25) is 5.28 Å². The van der Waals surface area contributed by atoms with Gasteiger partial charge in [0.1, 0.15) is 12.4 Å². The molecule has 0 saturated carbocycles. The Kier molecular flexibility index (Phi) is 6.79. The van der Waals surface area contributed by atoms with E-state index in [1.165, 1.54) is 0 Å². The van der Waals surface area contributed by atoms with E-state index in [2.05, 4.69) is 34.0 Å². The van der Waals surface area contributed by atoms with Crippen LogP contribution in [0.25, 0.3) is 10.9 Å². The molecule has 0 bridgehead atoms. The van der Waals surface area contributed by atoms with Crippen molar-refractivity contribution in [2.45, 2.75) is 13.8 Å². The molecule has 6 nitrogen and oxygen atoms in total. The molecule has 28 heavy (non-hydrogen) atoms. The first-order valence-electron chi connectivity index (χ1n) is 9.29. The van der Waals surface area contributed by atoms with Gasteiger partial charge < -0.3 is 15.0 Å². The van der Waals surface area contributed by atoms with Crippen LogP contribution >= 0.6 is 11.6 Å². The summed E-state index contributed by atoms with van der Waals surface area (Å²) in [6.45, 7) is 7.17. The zero-order valence-electron chi connectivity index (χ0n) is 16.0. The van der Waals surface area contributed by atoms with Crippen LogP contribution in [0.3, 0.4) is 0 Å². The number of anilines is 2. The fraction of sp³-hybridized carbons (Fsp3) is 0.286. The third kappa shape index (κ3) is 4.97. The summed E-state index contributed by atoms with van der Waals surface area (Å²) in [6.07, 6.45) is 0. The van der Waals surface area contributed by atoms with E-state index in [-0.39, 0.29) is 11.3 Å². The number of aromatic nitrogens is 2. The molecule has 1 N–H and O–H groups in total. The summed E-state index contributed by atoms with van der Waals surface area (Å²) in [5.74, 6) is 0.291. The number of nitrogens with zero attached hydrogens (tertiary/aromatic N) is 3. The van der Waals surface area contributed by atoms with E-state index < -0.39 is 0 Å². The quantitative estimate of drug-likeness (QED) is 0.444. The second kappa shape index (κ2) is 9.48. The number of hydrogen-bond donors (Lipinski definition) is 1.